The van der Waals surface area contributed by atoms with Gasteiger partial charge in [-0.2, -0.15) is 0 Å². The average molecular weight is 146 g/mol. The summed E-state index contributed by atoms with van der Waals surface area (Å²) in [6.45, 7) is 1.17. The molecule has 3 rings (SSSR count). The molecule has 2 aliphatic heterocycles. The molecule has 11 heavy (non-hydrogen) atoms. The van der Waals surface area contributed by atoms with Gasteiger partial charge in [0.25, 0.3) is 0 Å². The molecule has 0 amide bonds. The summed E-state index contributed by atoms with van der Waals surface area (Å²) in [7, 11) is 0. The number of nitrogens with one attached hydrogen (secondary N) is 1. The number of hydrogen-bond donors (Lipinski definition) is 1. The summed E-state index contributed by atoms with van der Waals surface area (Å²) in [5.74, 6) is 0. The lowest BCUT2D eigenvalue weighted by Crippen LogP contribution is -2.12. The smallest absolute Gasteiger partial charge is 0.112 e. The first kappa shape index (κ1) is 5.75. The molecule has 1 saturated heterocycles. The molecule has 2 heteroatoms. The molecule has 2 atom stereocenters. The molecule has 2 unspecified atom stereocenters. The van der Waals surface area contributed by atoms with Crippen molar-refractivity contribution >= 4 is 0 Å². The Morgan fingerprint density at radius 3 is 3.27 bits per heavy atom. The Bertz CT molecular complexity index is 295. The maximum atomic E-state index is 3.32. The van der Waals surface area contributed by atoms with E-state index in [2.05, 4.69) is 34.7 Å². The Morgan fingerprint density at radius 2 is 2.27 bits per heavy atom. The zero-order valence-corrected chi connectivity index (χ0v) is 6.25. The van der Waals surface area contributed by atoms with Crippen LogP contribution in [0.25, 0.3) is 0 Å². The monoisotopic (exact) mass is 146 g/mol. The third kappa shape index (κ3) is 0.737. The molecule has 2 heterocycles. The second-order valence-corrected chi connectivity index (χ2v) is 3.17. The fraction of sp³-hybridized carbons (Fsp3) is 0.333. The molecule has 0 saturated carbocycles. The number of hydrogen-bond acceptors (Lipinski definition) is 2. The summed E-state index contributed by atoms with van der Waals surface area (Å²) >= 11 is 0. The van der Waals surface area contributed by atoms with E-state index in [-0.39, 0.29) is 0 Å². The molecule has 56 valence electrons. The Morgan fingerprint density at radius 1 is 1.36 bits per heavy atom. The molecule has 0 bridgehead atoms. The van der Waals surface area contributed by atoms with E-state index in [1.165, 1.54) is 24.1 Å². The van der Waals surface area contributed by atoms with E-state index in [0.717, 1.165) is 0 Å². The van der Waals surface area contributed by atoms with Gasteiger partial charge in [-0.3, -0.25) is 0 Å². The van der Waals surface area contributed by atoms with Gasteiger partial charge in [0.05, 0.1) is 0 Å². The lowest BCUT2D eigenvalue weighted by Gasteiger charge is -2.12. The Kier molecular flexibility index (Phi) is 0.962. The normalized spacial score (nSPS) is 32.4. The van der Waals surface area contributed by atoms with Crippen molar-refractivity contribution in [3.8, 4) is 0 Å². The zero-order valence-electron chi connectivity index (χ0n) is 6.25. The van der Waals surface area contributed by atoms with Crippen LogP contribution in [-0.2, 0) is 6.42 Å². The molecule has 1 aromatic rings. The lowest BCUT2D eigenvalue weighted by molar-refractivity contribution is 0.469. The summed E-state index contributed by atoms with van der Waals surface area (Å²) in [5, 5.41) is 2.28. The van der Waals surface area contributed by atoms with Gasteiger partial charge in [-0.1, -0.05) is 24.3 Å². The highest BCUT2D eigenvalue weighted by Gasteiger charge is 2.38. The first-order valence-corrected chi connectivity index (χ1v) is 4.06. The second-order valence-electron chi connectivity index (χ2n) is 3.17. The van der Waals surface area contributed by atoms with Crippen molar-refractivity contribution in [1.82, 2.24) is 10.4 Å². The van der Waals surface area contributed by atoms with Gasteiger partial charge in [-0.25, -0.2) is 10.4 Å². The topological polar surface area (TPSA) is 25.0 Å². The van der Waals surface area contributed by atoms with E-state index in [9.17, 15) is 0 Å². The third-order valence-electron chi connectivity index (χ3n) is 2.50. The second kappa shape index (κ2) is 1.84. The molecule has 0 radical (unpaired) electrons. The number of fused-ring (bicyclic) bond motifs is 3. The number of hydrazine groups is 1. The van der Waals surface area contributed by atoms with E-state index >= 15 is 0 Å². The van der Waals surface area contributed by atoms with Crippen molar-refractivity contribution in [2.75, 3.05) is 6.54 Å². The third-order valence-corrected chi connectivity index (χ3v) is 2.50. The summed E-state index contributed by atoms with van der Waals surface area (Å²) in [6, 6.07) is 8.68. The van der Waals surface area contributed by atoms with Gasteiger partial charge in [0, 0.05) is 6.54 Å². The first-order chi connectivity index (χ1) is 5.45. The quantitative estimate of drug-likeness (QED) is 0.554. The van der Waals surface area contributed by atoms with Gasteiger partial charge in [-0.15, -0.1) is 0 Å². The fourth-order valence-electron chi connectivity index (χ4n) is 1.82. The van der Waals surface area contributed by atoms with Gasteiger partial charge >= 0.3 is 0 Å². The summed E-state index contributed by atoms with van der Waals surface area (Å²) in [5.41, 5.74) is 6.30. The summed E-state index contributed by atoms with van der Waals surface area (Å²) in [4.78, 5) is 0. The fourth-order valence-corrected chi connectivity index (χ4v) is 1.82. The van der Waals surface area contributed by atoms with Crippen LogP contribution in [0.3, 0.4) is 0 Å². The van der Waals surface area contributed by atoms with Crippen molar-refractivity contribution in [2.24, 2.45) is 0 Å². The summed E-state index contributed by atoms with van der Waals surface area (Å²) in [6.07, 6.45) is 1.74. The SMILES string of the molecule is c1ccc2c(c1)CCN1NC21. The number of benzene rings is 1. The van der Waals surface area contributed by atoms with Crippen molar-refractivity contribution in [3.63, 3.8) is 0 Å². The molecule has 1 N–H and O–H groups in total. The number of nitrogens with zero attached hydrogens (tertiary/aromatic N) is 1. The van der Waals surface area contributed by atoms with Gasteiger partial charge in [0.1, 0.15) is 6.17 Å². The summed E-state index contributed by atoms with van der Waals surface area (Å²) < 4.78 is 0. The van der Waals surface area contributed by atoms with E-state index in [0.29, 0.717) is 6.17 Å². The highest BCUT2D eigenvalue weighted by Crippen LogP contribution is 2.34. The van der Waals surface area contributed by atoms with Crippen molar-refractivity contribution in [2.45, 2.75) is 12.6 Å². The minimum Gasteiger partial charge on any atom is -0.231 e. The van der Waals surface area contributed by atoms with Crippen LogP contribution >= 0.6 is 0 Å². The molecule has 2 nitrogen and oxygen atoms in total. The van der Waals surface area contributed by atoms with Gasteiger partial charge in [0.2, 0.25) is 0 Å². The largest absolute Gasteiger partial charge is 0.231 e. The van der Waals surface area contributed by atoms with E-state index in [4.69, 9.17) is 0 Å². The predicted octanol–water partition coefficient (Wildman–Crippen LogP) is 1.06. The van der Waals surface area contributed by atoms with Gasteiger partial charge < -0.3 is 0 Å². The van der Waals surface area contributed by atoms with Gasteiger partial charge in [-0.05, 0) is 17.5 Å². The van der Waals surface area contributed by atoms with Crippen LogP contribution in [0.1, 0.15) is 17.3 Å². The van der Waals surface area contributed by atoms with E-state index < -0.39 is 0 Å². The van der Waals surface area contributed by atoms with Crippen LogP contribution in [0.15, 0.2) is 24.3 Å². The van der Waals surface area contributed by atoms with E-state index in [1.807, 2.05) is 0 Å². The van der Waals surface area contributed by atoms with Crippen LogP contribution < -0.4 is 5.43 Å². The minimum absolute atomic E-state index is 0.542. The number of rotatable bonds is 0. The molecular weight excluding hydrogens is 136 g/mol. The standard InChI is InChI=1S/C9H10N2/c1-2-4-8-7(3-1)5-6-11-9(8)10-11/h1-4,9-10H,5-6H2. The highest BCUT2D eigenvalue weighted by molar-refractivity contribution is 5.34. The molecule has 1 fully saturated rings. The zero-order chi connectivity index (χ0) is 7.26. The Labute approximate surface area is 65.8 Å². The van der Waals surface area contributed by atoms with Crippen LogP contribution in [0.4, 0.5) is 0 Å². The maximum Gasteiger partial charge on any atom is 0.112 e. The minimum atomic E-state index is 0.542. The van der Waals surface area contributed by atoms with Crippen molar-refractivity contribution in [3.05, 3.63) is 35.4 Å². The predicted molar refractivity (Wildman–Crippen MR) is 42.7 cm³/mol. The Hall–Kier alpha value is -0.860. The van der Waals surface area contributed by atoms with Crippen molar-refractivity contribution < 1.29 is 0 Å². The lowest BCUT2D eigenvalue weighted by atomic mass is 10.0. The maximum absolute atomic E-state index is 3.32. The molecule has 0 aromatic heterocycles. The van der Waals surface area contributed by atoms with Crippen molar-refractivity contribution in [1.29, 1.82) is 0 Å². The molecular formula is C9H10N2. The first-order valence-electron chi connectivity index (χ1n) is 4.06. The van der Waals surface area contributed by atoms with Gasteiger partial charge in [0.15, 0.2) is 0 Å². The Balaban J connectivity index is 2.14. The van der Waals surface area contributed by atoms with E-state index in [1.54, 1.807) is 0 Å². The average Bonchev–Trinajstić information content (AvgIpc) is 2.83. The highest BCUT2D eigenvalue weighted by atomic mass is 15.7. The molecule has 0 aliphatic carbocycles. The van der Waals surface area contributed by atoms with Crippen LogP contribution in [0.5, 0.6) is 0 Å². The molecule has 2 aliphatic rings. The van der Waals surface area contributed by atoms with Crippen LogP contribution in [0.2, 0.25) is 0 Å². The van der Waals surface area contributed by atoms with Crippen LogP contribution in [0, 0.1) is 0 Å². The molecule has 1 aromatic carbocycles. The van der Waals surface area contributed by atoms with Crippen LogP contribution in [-0.4, -0.2) is 11.6 Å². The molecule has 0 spiro atoms.